The van der Waals surface area contributed by atoms with Crippen LogP contribution >= 0.6 is 0 Å². The molecule has 164 valence electrons. The molecule has 1 aromatic heterocycles. The van der Waals surface area contributed by atoms with E-state index in [0.717, 1.165) is 24.1 Å². The van der Waals surface area contributed by atoms with E-state index in [2.05, 4.69) is 21.8 Å². The first-order chi connectivity index (χ1) is 15.0. The number of amides is 3. The van der Waals surface area contributed by atoms with E-state index in [1.165, 1.54) is 12.8 Å². The quantitative estimate of drug-likeness (QED) is 0.678. The minimum absolute atomic E-state index is 0.0604. The molecule has 0 atom stereocenters. The molecule has 1 saturated carbocycles. The molecule has 8 heteroatoms. The summed E-state index contributed by atoms with van der Waals surface area (Å²) in [6.07, 6.45) is 3.37. The van der Waals surface area contributed by atoms with Gasteiger partial charge in [-0.15, -0.1) is 0 Å². The van der Waals surface area contributed by atoms with Crippen molar-refractivity contribution in [1.29, 1.82) is 0 Å². The van der Waals surface area contributed by atoms with Crippen LogP contribution in [0.15, 0.2) is 30.3 Å². The number of hydrogen-bond acceptors (Lipinski definition) is 4. The first kappa shape index (κ1) is 21.1. The highest BCUT2D eigenvalue weighted by Crippen LogP contribution is 2.27. The molecule has 1 fully saturated rings. The Bertz CT molecular complexity index is 979. The second-order valence-corrected chi connectivity index (χ2v) is 8.46. The topological polar surface area (TPSA) is 96.3 Å². The molecule has 0 saturated heterocycles. The smallest absolute Gasteiger partial charge is 0.272 e. The summed E-state index contributed by atoms with van der Waals surface area (Å²) in [5.41, 5.74) is 2.88. The third-order valence-corrected chi connectivity index (χ3v) is 5.70. The maximum atomic E-state index is 13.1. The molecule has 2 heterocycles. The Balaban J connectivity index is 1.34. The van der Waals surface area contributed by atoms with Gasteiger partial charge in [-0.2, -0.15) is 5.10 Å². The van der Waals surface area contributed by atoms with Crippen molar-refractivity contribution < 1.29 is 14.4 Å². The number of hydrogen-bond donors (Lipinski definition) is 2. The molecular weight excluding hydrogens is 394 g/mol. The zero-order valence-corrected chi connectivity index (χ0v) is 17.9. The van der Waals surface area contributed by atoms with Crippen molar-refractivity contribution >= 4 is 17.7 Å². The van der Waals surface area contributed by atoms with Crippen molar-refractivity contribution in [2.24, 2.45) is 5.92 Å². The number of aromatic nitrogens is 2. The molecule has 0 unspecified atom stereocenters. The maximum Gasteiger partial charge on any atom is 0.272 e. The lowest BCUT2D eigenvalue weighted by Crippen LogP contribution is -2.32. The van der Waals surface area contributed by atoms with E-state index >= 15 is 0 Å². The zero-order chi connectivity index (χ0) is 21.8. The molecule has 1 aliphatic heterocycles. The van der Waals surface area contributed by atoms with E-state index in [-0.39, 0.29) is 36.4 Å². The van der Waals surface area contributed by atoms with Gasteiger partial charge in [-0.05, 0) is 37.7 Å². The molecule has 31 heavy (non-hydrogen) atoms. The first-order valence-electron chi connectivity index (χ1n) is 11.0. The number of fused-ring (bicyclic) bond motifs is 1. The summed E-state index contributed by atoms with van der Waals surface area (Å²) in [4.78, 5) is 39.2. The van der Waals surface area contributed by atoms with Gasteiger partial charge >= 0.3 is 0 Å². The molecule has 1 aliphatic carbocycles. The average Bonchev–Trinajstić information content (AvgIpc) is 3.50. The van der Waals surface area contributed by atoms with Crippen molar-refractivity contribution in [3.63, 3.8) is 0 Å². The van der Waals surface area contributed by atoms with Gasteiger partial charge in [0.15, 0.2) is 5.69 Å². The fraction of sp³-hybridized carbons (Fsp3) is 0.478. The lowest BCUT2D eigenvalue weighted by Gasteiger charge is -2.20. The number of aryl methyl sites for hydroxylation is 2. The molecular formula is C23H29N5O3. The van der Waals surface area contributed by atoms with E-state index in [4.69, 9.17) is 0 Å². The Morgan fingerprint density at radius 1 is 1.16 bits per heavy atom. The van der Waals surface area contributed by atoms with E-state index in [1.807, 2.05) is 25.1 Å². The highest BCUT2D eigenvalue weighted by molar-refractivity contribution is 5.98. The second-order valence-electron chi connectivity index (χ2n) is 8.46. The van der Waals surface area contributed by atoms with Crippen molar-refractivity contribution in [3.8, 4) is 0 Å². The third kappa shape index (κ3) is 5.51. The van der Waals surface area contributed by atoms with Gasteiger partial charge in [0, 0.05) is 45.2 Å². The summed E-state index contributed by atoms with van der Waals surface area (Å²) in [5, 5.41) is 9.95. The lowest BCUT2D eigenvalue weighted by molar-refractivity contribution is -0.121. The molecule has 2 N–H and O–H groups in total. The Kier molecular flexibility index (Phi) is 6.34. The van der Waals surface area contributed by atoms with Gasteiger partial charge in [0.2, 0.25) is 5.91 Å². The van der Waals surface area contributed by atoms with Crippen LogP contribution in [-0.4, -0.2) is 52.0 Å². The van der Waals surface area contributed by atoms with Gasteiger partial charge < -0.3 is 15.5 Å². The van der Waals surface area contributed by atoms with Crippen molar-refractivity contribution in [2.45, 2.75) is 45.7 Å². The molecule has 4 rings (SSSR count). The predicted octanol–water partition coefficient (Wildman–Crippen LogP) is 1.88. The standard InChI is InChI=1S/C23H29N5O3/c1-16-4-2-5-18(12-16)15-27-10-3-11-28-20(23(27)31)13-19(26-28)22(30)24-9-8-21(29)25-14-17-6-7-17/h2,4-5,12-13,17H,3,6-11,14-15H2,1H3,(H,24,30)(H,25,29). The van der Waals surface area contributed by atoms with Gasteiger partial charge in [-0.25, -0.2) is 0 Å². The first-order valence-corrected chi connectivity index (χ1v) is 11.0. The average molecular weight is 424 g/mol. The summed E-state index contributed by atoms with van der Waals surface area (Å²) < 4.78 is 1.62. The Morgan fingerprint density at radius 2 is 2.00 bits per heavy atom. The molecule has 8 nitrogen and oxygen atoms in total. The highest BCUT2D eigenvalue weighted by Gasteiger charge is 2.26. The van der Waals surface area contributed by atoms with Crippen LogP contribution in [0.25, 0.3) is 0 Å². The Morgan fingerprint density at radius 3 is 2.77 bits per heavy atom. The summed E-state index contributed by atoms with van der Waals surface area (Å²) in [6, 6.07) is 9.67. The van der Waals surface area contributed by atoms with E-state index in [0.29, 0.717) is 31.2 Å². The summed E-state index contributed by atoms with van der Waals surface area (Å²) in [5.74, 6) is 0.0795. The molecule has 1 aromatic carbocycles. The molecule has 2 aliphatic rings. The summed E-state index contributed by atoms with van der Waals surface area (Å²) >= 11 is 0. The van der Waals surface area contributed by atoms with Gasteiger partial charge in [-0.3, -0.25) is 19.1 Å². The second kappa shape index (κ2) is 9.32. The molecule has 0 radical (unpaired) electrons. The van der Waals surface area contributed by atoms with Crippen LogP contribution in [0.5, 0.6) is 0 Å². The lowest BCUT2D eigenvalue weighted by atomic mass is 10.1. The van der Waals surface area contributed by atoms with Crippen molar-refractivity contribution in [2.75, 3.05) is 19.6 Å². The fourth-order valence-corrected chi connectivity index (χ4v) is 3.78. The Hall–Kier alpha value is -3.16. The number of benzene rings is 1. The van der Waals surface area contributed by atoms with E-state index in [1.54, 1.807) is 15.6 Å². The van der Waals surface area contributed by atoms with Crippen LogP contribution in [0, 0.1) is 12.8 Å². The van der Waals surface area contributed by atoms with E-state index in [9.17, 15) is 14.4 Å². The number of nitrogens with one attached hydrogen (secondary N) is 2. The van der Waals surface area contributed by atoms with Gasteiger partial charge in [0.1, 0.15) is 5.69 Å². The summed E-state index contributed by atoms with van der Waals surface area (Å²) in [7, 11) is 0. The van der Waals surface area contributed by atoms with Crippen molar-refractivity contribution in [3.05, 3.63) is 52.8 Å². The summed E-state index contributed by atoms with van der Waals surface area (Å²) in [6.45, 7) is 4.76. The minimum Gasteiger partial charge on any atom is -0.356 e. The van der Waals surface area contributed by atoms with Gasteiger partial charge in [-0.1, -0.05) is 29.8 Å². The monoisotopic (exact) mass is 423 g/mol. The van der Waals surface area contributed by atoms with Crippen LogP contribution in [0.3, 0.4) is 0 Å². The van der Waals surface area contributed by atoms with Crippen LogP contribution in [-0.2, 0) is 17.9 Å². The van der Waals surface area contributed by atoms with Crippen molar-refractivity contribution in [1.82, 2.24) is 25.3 Å². The maximum absolute atomic E-state index is 13.1. The fourth-order valence-electron chi connectivity index (χ4n) is 3.78. The normalized spacial score (nSPS) is 15.9. The minimum atomic E-state index is -0.367. The van der Waals surface area contributed by atoms with E-state index < -0.39 is 0 Å². The SMILES string of the molecule is Cc1cccc(CN2CCCn3nc(C(=O)NCCC(=O)NCC4CC4)cc3C2=O)c1. The van der Waals surface area contributed by atoms with Gasteiger partial charge in [0.25, 0.3) is 11.8 Å². The van der Waals surface area contributed by atoms with Crippen LogP contribution in [0.1, 0.15) is 57.8 Å². The van der Waals surface area contributed by atoms with Crippen LogP contribution < -0.4 is 10.6 Å². The number of nitrogens with zero attached hydrogens (tertiary/aromatic N) is 3. The number of carbonyl (C=O) groups is 3. The Labute approximate surface area is 182 Å². The molecule has 0 spiro atoms. The predicted molar refractivity (Wildman–Crippen MR) is 115 cm³/mol. The molecule has 2 aromatic rings. The highest BCUT2D eigenvalue weighted by atomic mass is 16.2. The zero-order valence-electron chi connectivity index (χ0n) is 17.9. The number of rotatable bonds is 8. The van der Waals surface area contributed by atoms with Gasteiger partial charge in [0.05, 0.1) is 0 Å². The van der Waals surface area contributed by atoms with Crippen LogP contribution in [0.2, 0.25) is 0 Å². The molecule has 0 bridgehead atoms. The van der Waals surface area contributed by atoms with Crippen LogP contribution in [0.4, 0.5) is 0 Å². The largest absolute Gasteiger partial charge is 0.356 e. The molecule has 3 amide bonds. The third-order valence-electron chi connectivity index (χ3n) is 5.70. The number of carbonyl (C=O) groups excluding carboxylic acids is 3.